The molecule has 146 valence electrons. The van der Waals surface area contributed by atoms with Gasteiger partial charge in [0.15, 0.2) is 5.58 Å². The van der Waals surface area contributed by atoms with Crippen molar-refractivity contribution in [2.75, 3.05) is 6.54 Å². The maximum atomic E-state index is 12.8. The lowest BCUT2D eigenvalue weighted by Crippen LogP contribution is -2.26. The molecule has 9 heteroatoms. The summed E-state index contributed by atoms with van der Waals surface area (Å²) in [4.78, 5) is 34.1. The summed E-state index contributed by atoms with van der Waals surface area (Å²) >= 11 is 0. The van der Waals surface area contributed by atoms with Gasteiger partial charge in [0, 0.05) is 25.6 Å². The van der Waals surface area contributed by atoms with E-state index in [2.05, 4.69) is 5.32 Å². The Labute approximate surface area is 158 Å². The van der Waals surface area contributed by atoms with Crippen LogP contribution in [-0.2, 0) is 17.8 Å². The predicted molar refractivity (Wildman–Crippen MR) is 99.5 cm³/mol. The van der Waals surface area contributed by atoms with Crippen molar-refractivity contribution >= 4 is 22.7 Å². The second-order valence-corrected chi connectivity index (χ2v) is 6.26. The molecule has 1 amide bonds. The number of hydrogen-bond acceptors (Lipinski definition) is 5. The fraction of sp³-hybridized carbons (Fsp3) is 0.263. The zero-order chi connectivity index (χ0) is 20.1. The number of nitrogens with one attached hydrogen (secondary N) is 1. The van der Waals surface area contributed by atoms with E-state index < -0.39 is 10.7 Å². The summed E-state index contributed by atoms with van der Waals surface area (Å²) in [5.41, 5.74) is 1.36. The van der Waals surface area contributed by atoms with Crippen LogP contribution in [0.4, 0.5) is 10.1 Å². The van der Waals surface area contributed by atoms with Crippen LogP contribution in [0.25, 0.3) is 11.1 Å². The SMILES string of the molecule is O=C(CCCn1c(=O)oc2cc([N+](=O)[O-])ccc21)NCCc1ccc(F)cc1. The Morgan fingerprint density at radius 1 is 1.21 bits per heavy atom. The molecular formula is C19H18FN3O5. The summed E-state index contributed by atoms with van der Waals surface area (Å²) in [6, 6.07) is 10.1. The van der Waals surface area contributed by atoms with Crippen molar-refractivity contribution in [2.45, 2.75) is 25.8 Å². The van der Waals surface area contributed by atoms with Gasteiger partial charge in [-0.15, -0.1) is 0 Å². The molecule has 0 fully saturated rings. The lowest BCUT2D eigenvalue weighted by atomic mass is 10.1. The summed E-state index contributed by atoms with van der Waals surface area (Å²) in [6.07, 6.45) is 1.22. The highest BCUT2D eigenvalue weighted by Crippen LogP contribution is 2.20. The molecule has 0 aliphatic heterocycles. The number of non-ortho nitro benzene ring substituents is 1. The smallest absolute Gasteiger partial charge is 0.407 e. The molecule has 8 nitrogen and oxygen atoms in total. The topological polar surface area (TPSA) is 107 Å². The Bertz CT molecular complexity index is 1060. The zero-order valence-corrected chi connectivity index (χ0v) is 14.9. The van der Waals surface area contributed by atoms with Crippen molar-refractivity contribution in [3.05, 3.63) is 74.5 Å². The minimum absolute atomic E-state index is 0.142. The van der Waals surface area contributed by atoms with Gasteiger partial charge in [0.2, 0.25) is 5.91 Å². The first kappa shape index (κ1) is 19.3. The fourth-order valence-electron chi connectivity index (χ4n) is 2.86. The third-order valence-corrected chi connectivity index (χ3v) is 4.30. The van der Waals surface area contributed by atoms with E-state index in [4.69, 9.17) is 4.42 Å². The minimum Gasteiger partial charge on any atom is -0.407 e. The highest BCUT2D eigenvalue weighted by Gasteiger charge is 2.14. The Balaban J connectivity index is 1.49. The van der Waals surface area contributed by atoms with Crippen LogP contribution >= 0.6 is 0 Å². The molecule has 0 saturated heterocycles. The first-order chi connectivity index (χ1) is 13.4. The second-order valence-electron chi connectivity index (χ2n) is 6.26. The molecular weight excluding hydrogens is 369 g/mol. The molecule has 1 aromatic heterocycles. The molecule has 0 aliphatic rings. The van der Waals surface area contributed by atoms with Crippen molar-refractivity contribution in [1.82, 2.24) is 9.88 Å². The average Bonchev–Trinajstić information content (AvgIpc) is 2.98. The molecule has 0 radical (unpaired) electrons. The third kappa shape index (κ3) is 4.61. The van der Waals surface area contributed by atoms with E-state index in [0.717, 1.165) is 5.56 Å². The maximum Gasteiger partial charge on any atom is 0.419 e. The summed E-state index contributed by atoms with van der Waals surface area (Å²) < 4.78 is 19.2. The van der Waals surface area contributed by atoms with Crippen LogP contribution < -0.4 is 11.1 Å². The number of aryl methyl sites for hydroxylation is 1. The van der Waals surface area contributed by atoms with Gasteiger partial charge >= 0.3 is 5.76 Å². The number of carbonyl (C=O) groups is 1. The molecule has 1 N–H and O–H groups in total. The Kier molecular flexibility index (Phi) is 5.83. The van der Waals surface area contributed by atoms with Gasteiger partial charge in [0.25, 0.3) is 5.69 Å². The highest BCUT2D eigenvalue weighted by molar-refractivity contribution is 5.76. The maximum absolute atomic E-state index is 12.8. The highest BCUT2D eigenvalue weighted by atomic mass is 19.1. The van der Waals surface area contributed by atoms with Gasteiger partial charge in [-0.05, 0) is 36.6 Å². The van der Waals surface area contributed by atoms with E-state index in [9.17, 15) is 24.1 Å². The van der Waals surface area contributed by atoms with E-state index in [0.29, 0.717) is 24.9 Å². The van der Waals surface area contributed by atoms with Gasteiger partial charge in [0.05, 0.1) is 16.5 Å². The van der Waals surface area contributed by atoms with Crippen molar-refractivity contribution < 1.29 is 18.5 Å². The van der Waals surface area contributed by atoms with Gasteiger partial charge in [-0.1, -0.05) is 12.1 Å². The first-order valence-corrected chi connectivity index (χ1v) is 8.73. The van der Waals surface area contributed by atoms with E-state index in [1.165, 1.54) is 34.9 Å². The molecule has 0 atom stereocenters. The number of amides is 1. The van der Waals surface area contributed by atoms with Gasteiger partial charge < -0.3 is 9.73 Å². The summed E-state index contributed by atoms with van der Waals surface area (Å²) in [7, 11) is 0. The van der Waals surface area contributed by atoms with E-state index in [1.807, 2.05) is 0 Å². The lowest BCUT2D eigenvalue weighted by molar-refractivity contribution is -0.384. The van der Waals surface area contributed by atoms with Crippen LogP contribution in [0.2, 0.25) is 0 Å². The average molecular weight is 387 g/mol. The van der Waals surface area contributed by atoms with Crippen molar-refractivity contribution in [1.29, 1.82) is 0 Å². The van der Waals surface area contributed by atoms with Gasteiger partial charge in [0.1, 0.15) is 5.82 Å². The minimum atomic E-state index is -0.618. The Morgan fingerprint density at radius 3 is 2.68 bits per heavy atom. The number of carbonyl (C=O) groups excluding carboxylic acids is 1. The van der Waals surface area contributed by atoms with Gasteiger partial charge in [-0.2, -0.15) is 0 Å². The number of fused-ring (bicyclic) bond motifs is 1. The number of halogens is 1. The second kappa shape index (κ2) is 8.47. The Hall–Kier alpha value is -3.49. The van der Waals surface area contributed by atoms with Crippen LogP contribution in [0.5, 0.6) is 0 Å². The van der Waals surface area contributed by atoms with Crippen molar-refractivity contribution in [2.24, 2.45) is 0 Å². The molecule has 28 heavy (non-hydrogen) atoms. The molecule has 3 rings (SSSR count). The molecule has 1 heterocycles. The molecule has 0 unspecified atom stereocenters. The van der Waals surface area contributed by atoms with Gasteiger partial charge in [-0.25, -0.2) is 9.18 Å². The molecule has 0 saturated carbocycles. The first-order valence-electron chi connectivity index (χ1n) is 8.73. The predicted octanol–water partition coefficient (Wildman–Crippen LogP) is 2.78. The van der Waals surface area contributed by atoms with Crippen LogP contribution in [-0.4, -0.2) is 21.9 Å². The summed E-state index contributed by atoms with van der Waals surface area (Å²) in [5, 5.41) is 13.6. The number of aromatic nitrogens is 1. The number of hydrogen-bond donors (Lipinski definition) is 1. The van der Waals surface area contributed by atoms with Crippen LogP contribution in [0.15, 0.2) is 51.7 Å². The van der Waals surface area contributed by atoms with E-state index in [1.54, 1.807) is 12.1 Å². The van der Waals surface area contributed by atoms with Crippen molar-refractivity contribution in [3.8, 4) is 0 Å². The van der Waals surface area contributed by atoms with E-state index >= 15 is 0 Å². The number of oxazole rings is 1. The number of rotatable bonds is 8. The number of nitro groups is 1. The lowest BCUT2D eigenvalue weighted by Gasteiger charge is -2.06. The van der Waals surface area contributed by atoms with Gasteiger partial charge in [-0.3, -0.25) is 19.5 Å². The number of nitrogens with zero attached hydrogens (tertiary/aromatic N) is 2. The molecule has 0 bridgehead atoms. The Morgan fingerprint density at radius 2 is 1.96 bits per heavy atom. The number of benzene rings is 2. The molecule has 0 aliphatic carbocycles. The van der Waals surface area contributed by atoms with Crippen LogP contribution in [0, 0.1) is 15.9 Å². The summed E-state index contributed by atoms with van der Waals surface area (Å²) in [5.74, 6) is -1.07. The van der Waals surface area contributed by atoms with Crippen LogP contribution in [0.3, 0.4) is 0 Å². The summed E-state index contributed by atoms with van der Waals surface area (Å²) in [6.45, 7) is 0.692. The molecule has 0 spiro atoms. The molecule has 3 aromatic rings. The third-order valence-electron chi connectivity index (χ3n) is 4.30. The fourth-order valence-corrected chi connectivity index (χ4v) is 2.86. The van der Waals surface area contributed by atoms with E-state index in [-0.39, 0.29) is 36.0 Å². The largest absolute Gasteiger partial charge is 0.419 e. The van der Waals surface area contributed by atoms with Crippen LogP contribution in [0.1, 0.15) is 18.4 Å². The molecule has 2 aromatic carbocycles. The van der Waals surface area contributed by atoms with Crippen molar-refractivity contribution in [3.63, 3.8) is 0 Å². The zero-order valence-electron chi connectivity index (χ0n) is 14.9. The standard InChI is InChI=1S/C19H18FN3O5/c20-14-5-3-13(4-6-14)9-10-21-18(24)2-1-11-22-16-8-7-15(23(26)27)12-17(16)28-19(22)25/h3-8,12H,1-2,9-11H2,(H,21,24). The monoisotopic (exact) mass is 387 g/mol. The normalized spacial score (nSPS) is 10.9. The quantitative estimate of drug-likeness (QED) is 0.472. The number of nitro benzene ring substituents is 1.